The van der Waals surface area contributed by atoms with Crippen molar-refractivity contribution in [2.45, 2.75) is 122 Å². The molecule has 0 heteroatoms. The molecule has 0 aromatic heterocycles. The lowest BCUT2D eigenvalue weighted by Crippen LogP contribution is -2.13. The molecule has 1 saturated carbocycles. The van der Waals surface area contributed by atoms with E-state index in [1.165, 1.54) is 108 Å². The van der Waals surface area contributed by atoms with Gasteiger partial charge in [0.15, 0.2) is 0 Å². The third kappa shape index (κ3) is 8.28. The number of rotatable bonds is 13. The second-order valence-corrected chi connectivity index (χ2v) is 8.83. The zero-order chi connectivity index (χ0) is 18.5. The van der Waals surface area contributed by atoms with E-state index in [1.807, 2.05) is 0 Å². The topological polar surface area (TPSA) is 0 Å². The molecule has 0 heterocycles. The molecule has 0 amide bonds. The van der Waals surface area contributed by atoms with E-state index >= 15 is 0 Å². The van der Waals surface area contributed by atoms with Crippen molar-refractivity contribution in [3.05, 3.63) is 35.4 Å². The third-order valence-corrected chi connectivity index (χ3v) is 6.58. The number of unbranched alkanes of at least 4 members (excludes halogenated alkanes) is 8. The monoisotopic (exact) mass is 356 g/mol. The lowest BCUT2D eigenvalue weighted by molar-refractivity contribution is 0.301. The second-order valence-electron chi connectivity index (χ2n) is 8.83. The number of aryl methyl sites for hydroxylation is 1. The Balaban J connectivity index is 1.56. The maximum absolute atomic E-state index is 2.43. The molecule has 0 bridgehead atoms. The van der Waals surface area contributed by atoms with Gasteiger partial charge in [0.05, 0.1) is 0 Å². The summed E-state index contributed by atoms with van der Waals surface area (Å²) in [5.74, 6) is 1.86. The van der Waals surface area contributed by atoms with Gasteiger partial charge in [-0.2, -0.15) is 0 Å². The van der Waals surface area contributed by atoms with Crippen molar-refractivity contribution < 1.29 is 0 Å². The third-order valence-electron chi connectivity index (χ3n) is 6.58. The molecule has 26 heavy (non-hydrogen) atoms. The molecule has 1 aliphatic carbocycles. The zero-order valence-electron chi connectivity index (χ0n) is 17.8. The molecule has 1 fully saturated rings. The minimum atomic E-state index is 0.838. The molecule has 0 aliphatic heterocycles. The highest BCUT2D eigenvalue weighted by Gasteiger charge is 2.21. The lowest BCUT2D eigenvalue weighted by Gasteiger charge is -2.29. The van der Waals surface area contributed by atoms with Gasteiger partial charge in [0.1, 0.15) is 0 Å². The van der Waals surface area contributed by atoms with Gasteiger partial charge in [0, 0.05) is 0 Å². The smallest absolute Gasteiger partial charge is 0.0162 e. The second kappa shape index (κ2) is 13.4. The first-order valence-corrected chi connectivity index (χ1v) is 11.9. The minimum absolute atomic E-state index is 0.838. The number of hydrogen-bond acceptors (Lipinski definition) is 0. The highest BCUT2D eigenvalue weighted by Crippen LogP contribution is 2.37. The van der Waals surface area contributed by atoms with Crippen LogP contribution < -0.4 is 0 Å². The van der Waals surface area contributed by atoms with Crippen molar-refractivity contribution >= 4 is 0 Å². The summed E-state index contributed by atoms with van der Waals surface area (Å²) in [4.78, 5) is 0. The maximum Gasteiger partial charge on any atom is -0.0162 e. The van der Waals surface area contributed by atoms with E-state index in [2.05, 4.69) is 38.1 Å². The fraction of sp³-hybridized carbons (Fsp3) is 0.769. The standard InChI is InChI=1S/C26H44/c1-3-5-7-8-9-10-11-12-14-24-17-21-26(22-18-24)25-19-15-23(16-20-25)13-6-4-2/h15-16,19-20,24,26H,3-14,17-18,21-22H2,1-2H3. The molecule has 1 aromatic carbocycles. The predicted octanol–water partition coefficient (Wildman–Crippen LogP) is 8.83. The summed E-state index contributed by atoms with van der Waals surface area (Å²) in [6.45, 7) is 4.58. The van der Waals surface area contributed by atoms with Gasteiger partial charge in [-0.15, -0.1) is 0 Å². The quantitative estimate of drug-likeness (QED) is 0.310. The Hall–Kier alpha value is -0.780. The maximum atomic E-state index is 2.43. The van der Waals surface area contributed by atoms with E-state index < -0.39 is 0 Å². The van der Waals surface area contributed by atoms with Crippen LogP contribution in [0.1, 0.15) is 127 Å². The van der Waals surface area contributed by atoms with Crippen LogP contribution in [0.25, 0.3) is 0 Å². The van der Waals surface area contributed by atoms with Crippen molar-refractivity contribution in [3.8, 4) is 0 Å². The van der Waals surface area contributed by atoms with Crippen molar-refractivity contribution in [2.24, 2.45) is 5.92 Å². The Morgan fingerprint density at radius 3 is 1.85 bits per heavy atom. The van der Waals surface area contributed by atoms with Crippen molar-refractivity contribution in [1.82, 2.24) is 0 Å². The Labute approximate surface area is 164 Å². The summed E-state index contributed by atoms with van der Waals surface area (Å²) in [6.07, 6.45) is 22.8. The van der Waals surface area contributed by atoms with Gasteiger partial charge in [-0.05, 0) is 61.5 Å². The SMILES string of the molecule is CCCCCCCCCCC1CCC(c2ccc(CCCC)cc2)CC1. The van der Waals surface area contributed by atoms with Crippen LogP contribution in [0.5, 0.6) is 0 Å². The highest BCUT2D eigenvalue weighted by atomic mass is 14.3. The Kier molecular flexibility index (Phi) is 11.1. The first-order valence-electron chi connectivity index (χ1n) is 11.9. The van der Waals surface area contributed by atoms with E-state index in [4.69, 9.17) is 0 Å². The molecule has 0 atom stereocenters. The lowest BCUT2D eigenvalue weighted by atomic mass is 9.77. The van der Waals surface area contributed by atoms with E-state index in [-0.39, 0.29) is 0 Å². The van der Waals surface area contributed by atoms with Gasteiger partial charge in [-0.3, -0.25) is 0 Å². The van der Waals surface area contributed by atoms with Gasteiger partial charge in [-0.1, -0.05) is 102 Å². The predicted molar refractivity (Wildman–Crippen MR) is 117 cm³/mol. The molecule has 148 valence electrons. The molecular formula is C26H44. The summed E-state index contributed by atoms with van der Waals surface area (Å²) in [5, 5.41) is 0. The number of benzene rings is 1. The summed E-state index contributed by atoms with van der Waals surface area (Å²) in [5.41, 5.74) is 3.13. The fourth-order valence-electron chi connectivity index (χ4n) is 4.69. The first kappa shape index (κ1) is 21.5. The van der Waals surface area contributed by atoms with Crippen LogP contribution in [0.3, 0.4) is 0 Å². The zero-order valence-corrected chi connectivity index (χ0v) is 17.8. The van der Waals surface area contributed by atoms with Crippen molar-refractivity contribution in [3.63, 3.8) is 0 Å². The van der Waals surface area contributed by atoms with Gasteiger partial charge < -0.3 is 0 Å². The molecule has 0 N–H and O–H groups in total. The molecular weight excluding hydrogens is 312 g/mol. The molecule has 1 aliphatic rings. The van der Waals surface area contributed by atoms with Crippen LogP contribution in [0.15, 0.2) is 24.3 Å². The van der Waals surface area contributed by atoms with Crippen LogP contribution in [-0.4, -0.2) is 0 Å². The van der Waals surface area contributed by atoms with Crippen molar-refractivity contribution in [1.29, 1.82) is 0 Å². The van der Waals surface area contributed by atoms with E-state index in [0.717, 1.165) is 11.8 Å². The fourth-order valence-corrected chi connectivity index (χ4v) is 4.69. The molecule has 0 nitrogen and oxygen atoms in total. The Morgan fingerprint density at radius 2 is 1.23 bits per heavy atom. The first-order chi connectivity index (χ1) is 12.8. The van der Waals surface area contributed by atoms with Crippen LogP contribution in [0, 0.1) is 5.92 Å². The average molecular weight is 357 g/mol. The number of hydrogen-bond donors (Lipinski definition) is 0. The molecule has 0 saturated heterocycles. The highest BCUT2D eigenvalue weighted by molar-refractivity contribution is 5.25. The van der Waals surface area contributed by atoms with Crippen LogP contribution in [0.2, 0.25) is 0 Å². The van der Waals surface area contributed by atoms with E-state index in [1.54, 1.807) is 5.56 Å². The molecule has 0 radical (unpaired) electrons. The average Bonchev–Trinajstić information content (AvgIpc) is 2.69. The summed E-state index contributed by atoms with van der Waals surface area (Å²) in [7, 11) is 0. The molecule has 0 spiro atoms. The van der Waals surface area contributed by atoms with E-state index in [9.17, 15) is 0 Å². The normalized spacial score (nSPS) is 20.4. The van der Waals surface area contributed by atoms with Crippen LogP contribution >= 0.6 is 0 Å². The summed E-state index contributed by atoms with van der Waals surface area (Å²) in [6, 6.07) is 9.62. The summed E-state index contributed by atoms with van der Waals surface area (Å²) >= 11 is 0. The molecule has 2 rings (SSSR count). The van der Waals surface area contributed by atoms with Gasteiger partial charge in [0.25, 0.3) is 0 Å². The van der Waals surface area contributed by atoms with Gasteiger partial charge >= 0.3 is 0 Å². The van der Waals surface area contributed by atoms with Crippen molar-refractivity contribution in [2.75, 3.05) is 0 Å². The van der Waals surface area contributed by atoms with E-state index in [0.29, 0.717) is 0 Å². The molecule has 0 unspecified atom stereocenters. The Morgan fingerprint density at radius 1 is 0.654 bits per heavy atom. The summed E-state index contributed by atoms with van der Waals surface area (Å²) < 4.78 is 0. The van der Waals surface area contributed by atoms with Gasteiger partial charge in [-0.25, -0.2) is 0 Å². The van der Waals surface area contributed by atoms with Crippen LogP contribution in [-0.2, 0) is 6.42 Å². The Bertz CT molecular complexity index is 436. The largest absolute Gasteiger partial charge is 0.0654 e. The van der Waals surface area contributed by atoms with Crippen LogP contribution in [0.4, 0.5) is 0 Å². The van der Waals surface area contributed by atoms with Gasteiger partial charge in [0.2, 0.25) is 0 Å². The minimum Gasteiger partial charge on any atom is -0.0654 e. The molecule has 1 aromatic rings.